The second kappa shape index (κ2) is 10.9. The van der Waals surface area contributed by atoms with Crippen molar-refractivity contribution in [1.29, 1.82) is 0 Å². The quantitative estimate of drug-likeness (QED) is 0.351. The molecular weight excluding hydrogens is 434 g/mol. The maximum absolute atomic E-state index is 11.2. The Balaban J connectivity index is 1.42. The molecule has 0 radical (unpaired) electrons. The zero-order valence-corrected chi connectivity index (χ0v) is 19.8. The first-order valence-electron chi connectivity index (χ1n) is 11.7. The van der Waals surface area contributed by atoms with Crippen LogP contribution in [0.3, 0.4) is 0 Å². The molecule has 1 heterocycles. The lowest BCUT2D eigenvalue weighted by atomic mass is 9.85. The largest absolute Gasteiger partial charge is 0.507 e. The SMILES string of the molecule is Cc1cc(COC(CCC2CCCCC2)c2cncs2)ccc1-c1ccc(C(=O)O)c(O)c1. The van der Waals surface area contributed by atoms with E-state index in [-0.39, 0.29) is 17.4 Å². The topological polar surface area (TPSA) is 79.7 Å². The molecule has 1 atom stereocenters. The van der Waals surface area contributed by atoms with E-state index in [9.17, 15) is 9.90 Å². The molecule has 3 aromatic rings. The lowest BCUT2D eigenvalue weighted by molar-refractivity contribution is 0.0306. The van der Waals surface area contributed by atoms with Gasteiger partial charge in [0.25, 0.3) is 0 Å². The molecule has 2 N–H and O–H groups in total. The molecule has 5 nitrogen and oxygen atoms in total. The lowest BCUT2D eigenvalue weighted by Crippen LogP contribution is -2.10. The third-order valence-corrected chi connectivity index (χ3v) is 7.48. The normalized spacial score (nSPS) is 15.4. The highest BCUT2D eigenvalue weighted by molar-refractivity contribution is 7.09. The van der Waals surface area contributed by atoms with Crippen molar-refractivity contribution < 1.29 is 19.7 Å². The zero-order chi connectivity index (χ0) is 23.2. The van der Waals surface area contributed by atoms with Crippen LogP contribution in [0.2, 0.25) is 0 Å². The molecule has 1 aliphatic carbocycles. The number of aryl methyl sites for hydroxylation is 1. The number of carboxylic acids is 1. The number of aromatic nitrogens is 1. The summed E-state index contributed by atoms with van der Waals surface area (Å²) in [4.78, 5) is 16.6. The van der Waals surface area contributed by atoms with Crippen LogP contribution in [0.15, 0.2) is 48.1 Å². The zero-order valence-electron chi connectivity index (χ0n) is 19.0. The molecular formula is C27H31NO4S. The Kier molecular flexibility index (Phi) is 7.78. The van der Waals surface area contributed by atoms with Crippen molar-refractivity contribution in [3.63, 3.8) is 0 Å². The molecule has 0 bridgehead atoms. The van der Waals surface area contributed by atoms with Gasteiger partial charge in [0.05, 0.1) is 23.1 Å². The molecule has 0 amide bonds. The number of hydrogen-bond acceptors (Lipinski definition) is 5. The molecule has 174 valence electrons. The summed E-state index contributed by atoms with van der Waals surface area (Å²) in [6.45, 7) is 2.54. The molecule has 0 aliphatic heterocycles. The van der Waals surface area contributed by atoms with E-state index in [0.717, 1.165) is 34.6 Å². The van der Waals surface area contributed by atoms with Crippen molar-refractivity contribution in [2.45, 2.75) is 64.6 Å². The highest BCUT2D eigenvalue weighted by Crippen LogP contribution is 2.34. The van der Waals surface area contributed by atoms with Crippen LogP contribution < -0.4 is 0 Å². The fraction of sp³-hybridized carbons (Fsp3) is 0.407. The fourth-order valence-corrected chi connectivity index (χ4v) is 5.47. The average Bonchev–Trinajstić information content (AvgIpc) is 3.34. The van der Waals surface area contributed by atoms with E-state index in [1.807, 2.05) is 30.8 Å². The Labute approximate surface area is 199 Å². The number of ether oxygens (including phenoxy) is 1. The molecule has 1 fully saturated rings. The van der Waals surface area contributed by atoms with Crippen molar-refractivity contribution in [3.8, 4) is 16.9 Å². The summed E-state index contributed by atoms with van der Waals surface area (Å²) in [5.41, 5.74) is 5.67. The van der Waals surface area contributed by atoms with Crippen LogP contribution >= 0.6 is 11.3 Å². The van der Waals surface area contributed by atoms with Crippen molar-refractivity contribution in [2.75, 3.05) is 0 Å². The van der Waals surface area contributed by atoms with Crippen LogP contribution in [0.25, 0.3) is 11.1 Å². The smallest absolute Gasteiger partial charge is 0.339 e. The maximum Gasteiger partial charge on any atom is 0.339 e. The molecule has 4 rings (SSSR count). The minimum absolute atomic E-state index is 0.0694. The number of rotatable bonds is 9. The van der Waals surface area contributed by atoms with Gasteiger partial charge in [-0.2, -0.15) is 0 Å². The predicted molar refractivity (Wildman–Crippen MR) is 131 cm³/mol. The number of benzene rings is 2. The van der Waals surface area contributed by atoms with Gasteiger partial charge in [0.1, 0.15) is 11.3 Å². The second-order valence-electron chi connectivity index (χ2n) is 8.97. The number of aromatic carboxylic acids is 1. The molecule has 0 spiro atoms. The second-order valence-corrected chi connectivity index (χ2v) is 9.89. The summed E-state index contributed by atoms with van der Waals surface area (Å²) >= 11 is 1.66. The first-order chi connectivity index (χ1) is 16.0. The summed E-state index contributed by atoms with van der Waals surface area (Å²) in [7, 11) is 0. The highest BCUT2D eigenvalue weighted by Gasteiger charge is 2.19. The fourth-order valence-electron chi connectivity index (χ4n) is 4.77. The summed E-state index contributed by atoms with van der Waals surface area (Å²) in [6, 6.07) is 10.8. The number of thiazole rings is 1. The summed E-state index contributed by atoms with van der Waals surface area (Å²) in [6.07, 6.45) is 11.0. The molecule has 1 saturated carbocycles. The van der Waals surface area contributed by atoms with E-state index < -0.39 is 5.97 Å². The van der Waals surface area contributed by atoms with Crippen LogP contribution in [-0.4, -0.2) is 21.2 Å². The first-order valence-corrected chi connectivity index (χ1v) is 12.6. The Morgan fingerprint density at radius 2 is 2.00 bits per heavy atom. The molecule has 1 unspecified atom stereocenters. The summed E-state index contributed by atoms with van der Waals surface area (Å²) in [5.74, 6) is -0.539. The van der Waals surface area contributed by atoms with Crippen LogP contribution in [0, 0.1) is 12.8 Å². The average molecular weight is 466 g/mol. The molecule has 1 aliphatic rings. The lowest BCUT2D eigenvalue weighted by Gasteiger charge is -2.24. The van der Waals surface area contributed by atoms with Gasteiger partial charge in [-0.1, -0.05) is 56.4 Å². The number of carboxylic acid groups (broad SMARTS) is 1. The number of phenols is 1. The van der Waals surface area contributed by atoms with Gasteiger partial charge in [-0.25, -0.2) is 4.79 Å². The van der Waals surface area contributed by atoms with Gasteiger partial charge in [0, 0.05) is 6.20 Å². The molecule has 33 heavy (non-hydrogen) atoms. The van der Waals surface area contributed by atoms with Crippen molar-refractivity contribution in [2.24, 2.45) is 5.92 Å². The van der Waals surface area contributed by atoms with Crippen molar-refractivity contribution in [3.05, 3.63) is 69.7 Å². The molecule has 2 aromatic carbocycles. The van der Waals surface area contributed by atoms with Gasteiger partial charge in [-0.3, -0.25) is 4.98 Å². The summed E-state index contributed by atoms with van der Waals surface area (Å²) < 4.78 is 6.39. The standard InChI is InChI=1S/C27H31NO4S/c1-18-13-20(7-10-22(18)21-9-11-23(27(30)31)24(29)14-21)16-32-25(26-15-28-17-33-26)12-8-19-5-3-2-4-6-19/h7,9-11,13-15,17,19,25,29H,2-6,8,12,16H2,1H3,(H,30,31). The molecule has 0 saturated heterocycles. The van der Waals surface area contributed by atoms with Crippen molar-refractivity contribution in [1.82, 2.24) is 4.98 Å². The Bertz CT molecular complexity index is 1070. The van der Waals surface area contributed by atoms with Crippen LogP contribution in [0.4, 0.5) is 0 Å². The van der Waals surface area contributed by atoms with Gasteiger partial charge in [-0.15, -0.1) is 11.3 Å². The van der Waals surface area contributed by atoms with E-state index >= 15 is 0 Å². The maximum atomic E-state index is 11.2. The predicted octanol–water partition coefficient (Wildman–Crippen LogP) is 7.14. The first kappa shape index (κ1) is 23.5. The number of aromatic hydroxyl groups is 1. The van der Waals surface area contributed by atoms with Crippen LogP contribution in [0.1, 0.15) is 77.4 Å². The van der Waals surface area contributed by atoms with E-state index in [1.54, 1.807) is 17.4 Å². The van der Waals surface area contributed by atoms with Gasteiger partial charge in [-0.05, 0) is 60.1 Å². The summed E-state index contributed by atoms with van der Waals surface area (Å²) in [5, 5.41) is 19.2. The van der Waals surface area contributed by atoms with Gasteiger partial charge in [0.15, 0.2) is 0 Å². The Hall–Kier alpha value is -2.70. The molecule has 1 aromatic heterocycles. The third kappa shape index (κ3) is 6.01. The van der Waals surface area contributed by atoms with Gasteiger partial charge in [0.2, 0.25) is 0 Å². The number of carbonyl (C=O) groups is 1. The van der Waals surface area contributed by atoms with Gasteiger partial charge < -0.3 is 14.9 Å². The van der Waals surface area contributed by atoms with Gasteiger partial charge >= 0.3 is 5.97 Å². The molecule has 6 heteroatoms. The van der Waals surface area contributed by atoms with E-state index in [2.05, 4.69) is 11.1 Å². The van der Waals surface area contributed by atoms with Crippen LogP contribution in [0.5, 0.6) is 5.75 Å². The van der Waals surface area contributed by atoms with Crippen molar-refractivity contribution >= 4 is 17.3 Å². The number of nitrogens with zero attached hydrogens (tertiary/aromatic N) is 1. The van der Waals surface area contributed by atoms with Crippen LogP contribution in [-0.2, 0) is 11.3 Å². The minimum atomic E-state index is -1.14. The highest BCUT2D eigenvalue weighted by atomic mass is 32.1. The number of hydrogen-bond donors (Lipinski definition) is 2. The van der Waals surface area contributed by atoms with E-state index in [1.165, 1.54) is 55.5 Å². The van der Waals surface area contributed by atoms with E-state index in [0.29, 0.717) is 6.61 Å². The van der Waals surface area contributed by atoms with E-state index in [4.69, 9.17) is 9.84 Å². The monoisotopic (exact) mass is 465 g/mol. The Morgan fingerprint density at radius 3 is 2.67 bits per heavy atom. The minimum Gasteiger partial charge on any atom is -0.507 e. The Morgan fingerprint density at radius 1 is 1.18 bits per heavy atom. The third-order valence-electron chi connectivity index (χ3n) is 6.61.